The Labute approximate surface area is 85.3 Å². The predicted octanol–water partition coefficient (Wildman–Crippen LogP) is 1.75. The van der Waals surface area contributed by atoms with Crippen LogP contribution in [0.15, 0.2) is 0 Å². The zero-order chi connectivity index (χ0) is 11.9. The third kappa shape index (κ3) is 2.06. The van der Waals surface area contributed by atoms with E-state index in [1.807, 2.05) is 5.32 Å². The molecule has 15 heavy (non-hydrogen) atoms. The number of rotatable bonds is 2. The first kappa shape index (κ1) is 11.8. The molecule has 0 atom stereocenters. The van der Waals surface area contributed by atoms with Crippen molar-refractivity contribution in [3.63, 3.8) is 0 Å². The smallest absolute Gasteiger partial charge is 0.341 e. The van der Waals surface area contributed by atoms with Gasteiger partial charge in [-0.25, -0.2) is 0 Å². The van der Waals surface area contributed by atoms with Crippen LogP contribution < -0.4 is 5.32 Å². The summed E-state index contributed by atoms with van der Waals surface area (Å²) in [7, 11) is 0. The maximum Gasteiger partial charge on any atom is 0.411 e. The van der Waals surface area contributed by atoms with Crippen molar-refractivity contribution in [1.29, 1.82) is 5.26 Å². The largest absolute Gasteiger partial charge is 0.411 e. The molecule has 1 saturated carbocycles. The molecule has 0 heterocycles. The molecule has 0 aromatic heterocycles. The van der Waals surface area contributed by atoms with E-state index in [1.165, 1.54) is 13.8 Å². The average Bonchev–Trinajstić information content (AvgIpc) is 2.84. The molecule has 0 aliphatic heterocycles. The Kier molecular flexibility index (Phi) is 2.46. The molecule has 1 aliphatic carbocycles. The molecule has 1 rings (SSSR count). The van der Waals surface area contributed by atoms with Crippen LogP contribution in [0.3, 0.4) is 0 Å². The summed E-state index contributed by atoms with van der Waals surface area (Å²) in [4.78, 5) is 11.4. The zero-order valence-electron chi connectivity index (χ0n) is 8.40. The van der Waals surface area contributed by atoms with Gasteiger partial charge in [0.2, 0.25) is 5.91 Å². The average molecular weight is 220 g/mol. The summed E-state index contributed by atoms with van der Waals surface area (Å²) in [6.07, 6.45) is -4.65. The molecule has 0 saturated heterocycles. The maximum absolute atomic E-state index is 12.5. The van der Waals surface area contributed by atoms with Crippen molar-refractivity contribution in [3.8, 4) is 6.07 Å². The van der Waals surface area contributed by atoms with Gasteiger partial charge in [0.15, 0.2) is 0 Å². The fraction of sp³-hybridized carbons (Fsp3) is 0.778. The van der Waals surface area contributed by atoms with Crippen molar-refractivity contribution in [2.45, 2.75) is 38.4 Å². The molecular formula is C9H11F3N2O. The Morgan fingerprint density at radius 1 is 1.40 bits per heavy atom. The lowest BCUT2D eigenvalue weighted by molar-refractivity contribution is -0.172. The van der Waals surface area contributed by atoms with Crippen LogP contribution in [0.5, 0.6) is 0 Å². The number of nitrogens with one attached hydrogen (secondary N) is 1. The van der Waals surface area contributed by atoms with Gasteiger partial charge in [-0.15, -0.1) is 0 Å². The number of hydrogen-bond acceptors (Lipinski definition) is 2. The van der Waals surface area contributed by atoms with E-state index in [1.54, 1.807) is 6.07 Å². The van der Waals surface area contributed by atoms with Gasteiger partial charge in [0.25, 0.3) is 0 Å². The van der Waals surface area contributed by atoms with Gasteiger partial charge in [0.1, 0.15) is 11.0 Å². The zero-order valence-corrected chi connectivity index (χ0v) is 8.40. The van der Waals surface area contributed by atoms with E-state index in [9.17, 15) is 18.0 Å². The van der Waals surface area contributed by atoms with Gasteiger partial charge in [-0.2, -0.15) is 18.4 Å². The number of halogens is 3. The summed E-state index contributed by atoms with van der Waals surface area (Å²) in [5, 5.41) is 10.5. The van der Waals surface area contributed by atoms with Crippen molar-refractivity contribution in [3.05, 3.63) is 0 Å². The van der Waals surface area contributed by atoms with Crippen molar-refractivity contribution in [2.75, 3.05) is 0 Å². The summed E-state index contributed by atoms with van der Waals surface area (Å²) in [5.41, 5.74) is -3.51. The van der Waals surface area contributed by atoms with Crippen molar-refractivity contribution in [1.82, 2.24) is 5.32 Å². The molecule has 0 spiro atoms. The summed E-state index contributed by atoms with van der Waals surface area (Å²) in [6, 6.07) is 1.66. The number of nitriles is 1. The Hall–Kier alpha value is -1.25. The van der Waals surface area contributed by atoms with E-state index in [2.05, 4.69) is 0 Å². The predicted molar refractivity (Wildman–Crippen MR) is 45.6 cm³/mol. The number of alkyl halides is 3. The van der Waals surface area contributed by atoms with Crippen LogP contribution in [-0.4, -0.2) is 17.6 Å². The quantitative estimate of drug-likeness (QED) is 0.770. The standard InChI is InChI=1S/C9H11F3N2O/c1-7(2,5-13)6(15)14-8(3-4-8)9(10,11)12/h3-4H2,1-2H3,(H,14,15). The highest BCUT2D eigenvalue weighted by Crippen LogP contribution is 2.49. The minimum Gasteiger partial charge on any atom is -0.341 e. The van der Waals surface area contributed by atoms with Crippen LogP contribution in [0, 0.1) is 16.7 Å². The molecule has 0 bridgehead atoms. The monoisotopic (exact) mass is 220 g/mol. The first-order valence-corrected chi connectivity index (χ1v) is 4.45. The summed E-state index contributed by atoms with van der Waals surface area (Å²) in [5.74, 6) is -0.875. The molecule has 1 amide bonds. The summed E-state index contributed by atoms with van der Waals surface area (Å²) >= 11 is 0. The van der Waals surface area contributed by atoms with Gasteiger partial charge in [0.05, 0.1) is 6.07 Å². The van der Waals surface area contributed by atoms with Crippen LogP contribution in [0.4, 0.5) is 13.2 Å². The summed E-state index contributed by atoms with van der Waals surface area (Å²) in [6.45, 7) is 2.57. The Morgan fingerprint density at radius 3 is 2.13 bits per heavy atom. The van der Waals surface area contributed by atoms with E-state index in [-0.39, 0.29) is 12.8 Å². The van der Waals surface area contributed by atoms with Gasteiger partial charge in [-0.05, 0) is 26.7 Å². The van der Waals surface area contributed by atoms with Gasteiger partial charge < -0.3 is 5.32 Å². The van der Waals surface area contributed by atoms with Gasteiger partial charge in [0, 0.05) is 0 Å². The highest BCUT2D eigenvalue weighted by Gasteiger charge is 2.64. The molecule has 84 valence electrons. The van der Waals surface area contributed by atoms with Crippen LogP contribution in [0.2, 0.25) is 0 Å². The third-order valence-corrected chi connectivity index (χ3v) is 2.49. The first-order chi connectivity index (χ1) is 6.65. The lowest BCUT2D eigenvalue weighted by Gasteiger charge is -2.24. The maximum atomic E-state index is 12.5. The second-order valence-electron chi connectivity index (χ2n) is 4.27. The van der Waals surface area contributed by atoms with E-state index < -0.39 is 23.0 Å². The number of nitrogens with zero attached hydrogens (tertiary/aromatic N) is 1. The second-order valence-corrected chi connectivity index (χ2v) is 4.27. The van der Waals surface area contributed by atoms with E-state index in [4.69, 9.17) is 5.26 Å². The normalized spacial score (nSPS) is 19.2. The Bertz CT molecular complexity index is 323. The molecule has 1 aliphatic rings. The van der Waals surface area contributed by atoms with E-state index in [0.29, 0.717) is 0 Å². The Balaban J connectivity index is 2.74. The first-order valence-electron chi connectivity index (χ1n) is 4.45. The molecule has 1 fully saturated rings. The van der Waals surface area contributed by atoms with Crippen molar-refractivity contribution < 1.29 is 18.0 Å². The fourth-order valence-corrected chi connectivity index (χ4v) is 1.03. The molecule has 0 unspecified atom stereocenters. The highest BCUT2D eigenvalue weighted by atomic mass is 19.4. The number of carbonyl (C=O) groups excluding carboxylic acids is 1. The van der Waals surface area contributed by atoms with Crippen molar-refractivity contribution >= 4 is 5.91 Å². The molecule has 3 nitrogen and oxygen atoms in total. The van der Waals surface area contributed by atoms with Crippen LogP contribution in [0.1, 0.15) is 26.7 Å². The molecule has 1 N–H and O–H groups in total. The van der Waals surface area contributed by atoms with Gasteiger partial charge in [-0.3, -0.25) is 4.79 Å². The molecular weight excluding hydrogens is 209 g/mol. The number of hydrogen-bond donors (Lipinski definition) is 1. The molecule has 0 radical (unpaired) electrons. The topological polar surface area (TPSA) is 52.9 Å². The van der Waals surface area contributed by atoms with Crippen molar-refractivity contribution in [2.24, 2.45) is 5.41 Å². The number of amides is 1. The Morgan fingerprint density at radius 2 is 1.87 bits per heavy atom. The number of carbonyl (C=O) groups is 1. The summed E-state index contributed by atoms with van der Waals surface area (Å²) < 4.78 is 37.4. The van der Waals surface area contributed by atoms with Gasteiger partial charge >= 0.3 is 6.18 Å². The van der Waals surface area contributed by atoms with Crippen LogP contribution in [-0.2, 0) is 4.79 Å². The molecule has 6 heteroatoms. The van der Waals surface area contributed by atoms with Crippen LogP contribution >= 0.6 is 0 Å². The fourth-order valence-electron chi connectivity index (χ4n) is 1.03. The van der Waals surface area contributed by atoms with Gasteiger partial charge in [-0.1, -0.05) is 0 Å². The lowest BCUT2D eigenvalue weighted by Crippen LogP contribution is -2.51. The minimum atomic E-state index is -4.44. The van der Waals surface area contributed by atoms with Crippen LogP contribution in [0.25, 0.3) is 0 Å². The molecule has 0 aromatic carbocycles. The highest BCUT2D eigenvalue weighted by molar-refractivity contribution is 5.85. The molecule has 0 aromatic rings. The van der Waals surface area contributed by atoms with E-state index >= 15 is 0 Å². The third-order valence-electron chi connectivity index (χ3n) is 2.49. The second kappa shape index (κ2) is 3.12. The minimum absolute atomic E-state index is 0.107. The lowest BCUT2D eigenvalue weighted by atomic mass is 9.94. The SMILES string of the molecule is CC(C)(C#N)C(=O)NC1(C(F)(F)F)CC1. The van der Waals surface area contributed by atoms with E-state index in [0.717, 1.165) is 0 Å².